The van der Waals surface area contributed by atoms with Crippen molar-refractivity contribution >= 4 is 17.9 Å². The zero-order valence-electron chi connectivity index (χ0n) is 23.3. The van der Waals surface area contributed by atoms with Crippen LogP contribution in [0.4, 0.5) is 0 Å². The number of piperidine rings is 1. The number of amides is 2. The van der Waals surface area contributed by atoms with Crippen LogP contribution in [0.1, 0.15) is 87.6 Å². The fraction of sp³-hybridized carbons (Fsp3) is 0.533. The van der Waals surface area contributed by atoms with Gasteiger partial charge in [-0.15, -0.1) is 0 Å². The molecule has 2 N–H and O–H groups in total. The number of nitrogens with one attached hydrogen (secondary N) is 2. The number of fused-ring (bicyclic) bond motifs is 1. The van der Waals surface area contributed by atoms with Crippen molar-refractivity contribution in [1.82, 2.24) is 20.1 Å². The summed E-state index contributed by atoms with van der Waals surface area (Å²) in [6.07, 6.45) is 12.4. The van der Waals surface area contributed by atoms with Gasteiger partial charge in [-0.3, -0.25) is 9.59 Å². The van der Waals surface area contributed by atoms with Crippen LogP contribution in [0.25, 0.3) is 6.08 Å². The number of hydrogen-bond donors (Lipinski definition) is 2. The van der Waals surface area contributed by atoms with E-state index < -0.39 is 0 Å². The first-order valence-electron chi connectivity index (χ1n) is 13.5. The first-order valence-corrected chi connectivity index (χ1v) is 13.5. The van der Waals surface area contributed by atoms with Gasteiger partial charge in [0.05, 0.1) is 5.56 Å². The Morgan fingerprint density at radius 1 is 1.06 bits per heavy atom. The molecular weight excluding hydrogens is 448 g/mol. The Morgan fingerprint density at radius 3 is 2.39 bits per heavy atom. The highest BCUT2D eigenvalue weighted by Crippen LogP contribution is 2.28. The number of H-pyrrole nitrogens is 1. The third kappa shape index (κ3) is 7.57. The van der Waals surface area contributed by atoms with Crippen molar-refractivity contribution in [2.75, 3.05) is 32.7 Å². The van der Waals surface area contributed by atoms with E-state index in [4.69, 9.17) is 0 Å². The molecule has 0 aromatic carbocycles. The molecule has 3 heterocycles. The van der Waals surface area contributed by atoms with Crippen LogP contribution in [0.15, 0.2) is 41.7 Å². The van der Waals surface area contributed by atoms with Gasteiger partial charge in [0, 0.05) is 42.8 Å². The van der Waals surface area contributed by atoms with E-state index in [0.29, 0.717) is 5.57 Å². The third-order valence-corrected chi connectivity index (χ3v) is 6.99. The molecule has 0 radical (unpaired) electrons. The summed E-state index contributed by atoms with van der Waals surface area (Å²) in [6, 6.07) is 0. The highest BCUT2D eigenvalue weighted by molar-refractivity contribution is 6.04. The molecule has 6 heteroatoms. The molecule has 198 valence electrons. The Morgan fingerprint density at radius 2 is 1.75 bits per heavy atom. The zero-order chi connectivity index (χ0) is 26.7. The van der Waals surface area contributed by atoms with Gasteiger partial charge in [0.15, 0.2) is 0 Å². The monoisotopic (exact) mass is 494 g/mol. The van der Waals surface area contributed by atoms with E-state index in [0.717, 1.165) is 79.2 Å². The van der Waals surface area contributed by atoms with Crippen LogP contribution < -0.4 is 5.32 Å². The predicted molar refractivity (Wildman–Crippen MR) is 151 cm³/mol. The Kier molecular flexibility index (Phi) is 11.9. The molecular formula is C30H46N4O2. The molecule has 1 aromatic heterocycles. The second-order valence-electron chi connectivity index (χ2n) is 9.57. The van der Waals surface area contributed by atoms with Gasteiger partial charge in [-0.2, -0.15) is 0 Å². The standard InChI is InChI=1S/C28H40N4O2.C2H6/c1-6-7-13-29-27(33)23(21(4)20(2)3)19-25-22(5)26-24(30-25)12-11-16-32(28(26)34)18-17-31-14-9-8-10-15-31;1-2/h6-7,13,19,30H,1,8-12,14-18H2,2-5H3,(H,29,33);1-2H3/b13-7+,23-19-;. The van der Waals surface area contributed by atoms with Crippen LogP contribution in [-0.2, 0) is 11.2 Å². The van der Waals surface area contributed by atoms with Crippen molar-refractivity contribution in [3.05, 3.63) is 64.2 Å². The van der Waals surface area contributed by atoms with Crippen molar-refractivity contribution < 1.29 is 9.59 Å². The molecule has 1 saturated heterocycles. The normalized spacial score (nSPS) is 16.7. The molecule has 0 atom stereocenters. The van der Waals surface area contributed by atoms with Gasteiger partial charge in [0.1, 0.15) is 0 Å². The van der Waals surface area contributed by atoms with Crippen LogP contribution in [0.3, 0.4) is 0 Å². The summed E-state index contributed by atoms with van der Waals surface area (Å²) >= 11 is 0. The van der Waals surface area contributed by atoms with Crippen LogP contribution in [0, 0.1) is 6.92 Å². The predicted octanol–water partition coefficient (Wildman–Crippen LogP) is 5.78. The number of hydrogen-bond acceptors (Lipinski definition) is 3. The molecule has 1 fully saturated rings. The van der Waals surface area contributed by atoms with Crippen LogP contribution in [-0.4, -0.2) is 59.3 Å². The fourth-order valence-electron chi connectivity index (χ4n) is 4.69. The summed E-state index contributed by atoms with van der Waals surface area (Å²) in [7, 11) is 0. The molecule has 0 unspecified atom stereocenters. The SMILES string of the molecule is C=C/C=C/NC(=O)/C(=C\c1[nH]c2c(c1C)C(=O)N(CCN1CCCCC1)CCC2)C(C)=C(C)C.CC. The topological polar surface area (TPSA) is 68.4 Å². The highest BCUT2D eigenvalue weighted by atomic mass is 16.2. The van der Waals surface area contributed by atoms with Crippen molar-refractivity contribution in [1.29, 1.82) is 0 Å². The van der Waals surface area contributed by atoms with Gasteiger partial charge in [-0.25, -0.2) is 0 Å². The minimum Gasteiger partial charge on any atom is -0.358 e. The average molecular weight is 495 g/mol. The molecule has 36 heavy (non-hydrogen) atoms. The van der Waals surface area contributed by atoms with Gasteiger partial charge >= 0.3 is 0 Å². The molecule has 2 aliphatic rings. The van der Waals surface area contributed by atoms with E-state index in [1.165, 1.54) is 19.3 Å². The molecule has 2 amide bonds. The lowest BCUT2D eigenvalue weighted by Gasteiger charge is -2.29. The summed E-state index contributed by atoms with van der Waals surface area (Å²) in [4.78, 5) is 34.4. The highest BCUT2D eigenvalue weighted by Gasteiger charge is 2.28. The minimum atomic E-state index is -0.185. The molecule has 3 rings (SSSR count). The lowest BCUT2D eigenvalue weighted by atomic mass is 9.99. The molecule has 2 aliphatic heterocycles. The van der Waals surface area contributed by atoms with Gasteiger partial charge < -0.3 is 20.1 Å². The Balaban J connectivity index is 0.00000222. The Labute approximate surface area is 218 Å². The van der Waals surface area contributed by atoms with E-state index in [2.05, 4.69) is 21.8 Å². The van der Waals surface area contributed by atoms with E-state index in [1.807, 2.05) is 52.5 Å². The second kappa shape index (κ2) is 14.6. The largest absolute Gasteiger partial charge is 0.358 e. The molecule has 0 aliphatic carbocycles. The number of likely N-dealkylation sites (tertiary alicyclic amines) is 1. The maximum absolute atomic E-state index is 13.5. The zero-order valence-corrected chi connectivity index (χ0v) is 23.3. The van der Waals surface area contributed by atoms with E-state index in [-0.39, 0.29) is 11.8 Å². The second-order valence-corrected chi connectivity index (χ2v) is 9.57. The lowest BCUT2D eigenvalue weighted by Crippen LogP contribution is -2.40. The van der Waals surface area contributed by atoms with Gasteiger partial charge in [0.25, 0.3) is 11.8 Å². The van der Waals surface area contributed by atoms with E-state index in [9.17, 15) is 9.59 Å². The number of carbonyl (C=O) groups excluding carboxylic acids is 2. The number of aryl methyl sites for hydroxylation is 1. The summed E-state index contributed by atoms with van der Waals surface area (Å²) in [5.74, 6) is -0.0766. The summed E-state index contributed by atoms with van der Waals surface area (Å²) in [5.41, 5.74) is 6.08. The number of allylic oxidation sites excluding steroid dienone is 3. The number of nitrogens with zero attached hydrogens (tertiary/aromatic N) is 2. The molecule has 0 spiro atoms. The van der Waals surface area contributed by atoms with Crippen molar-refractivity contribution in [3.63, 3.8) is 0 Å². The van der Waals surface area contributed by atoms with Crippen LogP contribution >= 0.6 is 0 Å². The van der Waals surface area contributed by atoms with Gasteiger partial charge in [0.2, 0.25) is 0 Å². The number of aromatic nitrogens is 1. The Hall–Kier alpha value is -2.86. The summed E-state index contributed by atoms with van der Waals surface area (Å²) < 4.78 is 0. The number of carbonyl (C=O) groups is 2. The molecule has 0 bridgehead atoms. The maximum atomic E-state index is 13.5. The quantitative estimate of drug-likeness (QED) is 0.356. The molecule has 1 aromatic rings. The first-order chi connectivity index (χ1) is 17.3. The van der Waals surface area contributed by atoms with Crippen molar-refractivity contribution in [2.45, 2.75) is 73.6 Å². The fourth-order valence-corrected chi connectivity index (χ4v) is 4.69. The lowest BCUT2D eigenvalue weighted by molar-refractivity contribution is -0.116. The minimum absolute atomic E-state index is 0.108. The van der Waals surface area contributed by atoms with Crippen LogP contribution in [0.2, 0.25) is 0 Å². The van der Waals surface area contributed by atoms with Crippen LogP contribution in [0.5, 0.6) is 0 Å². The Bertz CT molecular complexity index is 1000. The molecule has 0 saturated carbocycles. The van der Waals surface area contributed by atoms with Crippen molar-refractivity contribution in [3.8, 4) is 0 Å². The van der Waals surface area contributed by atoms with Crippen molar-refractivity contribution in [2.24, 2.45) is 0 Å². The van der Waals surface area contributed by atoms with E-state index >= 15 is 0 Å². The van der Waals surface area contributed by atoms with E-state index in [1.54, 1.807) is 18.4 Å². The summed E-state index contributed by atoms with van der Waals surface area (Å²) in [6.45, 7) is 20.4. The maximum Gasteiger partial charge on any atom is 0.256 e. The first kappa shape index (κ1) is 29.4. The number of aromatic amines is 1. The smallest absolute Gasteiger partial charge is 0.256 e. The third-order valence-electron chi connectivity index (χ3n) is 6.99. The molecule has 6 nitrogen and oxygen atoms in total. The van der Waals surface area contributed by atoms with Gasteiger partial charge in [-0.05, 0) is 89.8 Å². The summed E-state index contributed by atoms with van der Waals surface area (Å²) in [5, 5.41) is 2.81. The number of rotatable bonds is 8. The van der Waals surface area contributed by atoms with Gasteiger partial charge in [-0.1, -0.05) is 38.5 Å². The average Bonchev–Trinajstić information content (AvgIpc) is 3.10.